The number of nitrogens with zero attached hydrogens (tertiary/aromatic N) is 1. The van der Waals surface area contributed by atoms with Crippen LogP contribution in [0.25, 0.3) is 0 Å². The first-order chi connectivity index (χ1) is 16.0. The van der Waals surface area contributed by atoms with Crippen LogP contribution in [0.15, 0.2) is 72.8 Å². The SMILES string of the molecule is CCOC(=O)c1ccc(NC(=O)C[C@@H](c2ccc(F)cc2)N2Cc3ccccc3C2=O)cc1. The van der Waals surface area contributed by atoms with Gasteiger partial charge in [-0.1, -0.05) is 30.3 Å². The summed E-state index contributed by atoms with van der Waals surface area (Å²) in [5, 5.41) is 2.81. The Bertz CT molecular complexity index is 1180. The lowest BCUT2D eigenvalue weighted by Crippen LogP contribution is -2.32. The number of rotatable bonds is 7. The number of carbonyl (C=O) groups excluding carboxylic acids is 3. The van der Waals surface area contributed by atoms with E-state index in [0.29, 0.717) is 28.9 Å². The molecule has 0 aliphatic carbocycles. The van der Waals surface area contributed by atoms with Crippen LogP contribution in [0.1, 0.15) is 51.2 Å². The average Bonchev–Trinajstić information content (AvgIpc) is 3.15. The predicted octanol–water partition coefficient (Wildman–Crippen LogP) is 4.73. The second-order valence-electron chi connectivity index (χ2n) is 7.71. The summed E-state index contributed by atoms with van der Waals surface area (Å²) >= 11 is 0. The number of anilines is 1. The van der Waals surface area contributed by atoms with Crippen molar-refractivity contribution in [1.29, 1.82) is 0 Å². The third-order valence-electron chi connectivity index (χ3n) is 5.54. The molecular formula is C26H23FN2O4. The summed E-state index contributed by atoms with van der Waals surface area (Å²) < 4.78 is 18.5. The summed E-state index contributed by atoms with van der Waals surface area (Å²) in [6.45, 7) is 2.38. The second-order valence-corrected chi connectivity index (χ2v) is 7.71. The molecule has 1 aliphatic heterocycles. The van der Waals surface area contributed by atoms with Gasteiger partial charge in [0.1, 0.15) is 5.82 Å². The van der Waals surface area contributed by atoms with Crippen molar-refractivity contribution in [1.82, 2.24) is 4.90 Å². The third-order valence-corrected chi connectivity index (χ3v) is 5.54. The van der Waals surface area contributed by atoms with E-state index in [-0.39, 0.29) is 30.7 Å². The first-order valence-corrected chi connectivity index (χ1v) is 10.7. The van der Waals surface area contributed by atoms with Crippen molar-refractivity contribution in [3.8, 4) is 0 Å². The number of hydrogen-bond acceptors (Lipinski definition) is 4. The Morgan fingerprint density at radius 3 is 2.39 bits per heavy atom. The predicted molar refractivity (Wildman–Crippen MR) is 121 cm³/mol. The van der Waals surface area contributed by atoms with Gasteiger partial charge >= 0.3 is 5.97 Å². The third kappa shape index (κ3) is 4.92. The van der Waals surface area contributed by atoms with E-state index >= 15 is 0 Å². The van der Waals surface area contributed by atoms with Crippen LogP contribution in [0.2, 0.25) is 0 Å². The lowest BCUT2D eigenvalue weighted by Gasteiger charge is -2.28. The molecule has 0 unspecified atom stereocenters. The van der Waals surface area contributed by atoms with E-state index in [0.717, 1.165) is 5.56 Å². The second kappa shape index (κ2) is 9.65. The van der Waals surface area contributed by atoms with Crippen molar-refractivity contribution in [2.45, 2.75) is 25.9 Å². The lowest BCUT2D eigenvalue weighted by molar-refractivity contribution is -0.117. The van der Waals surface area contributed by atoms with Crippen molar-refractivity contribution in [3.63, 3.8) is 0 Å². The topological polar surface area (TPSA) is 75.7 Å². The number of fused-ring (bicyclic) bond motifs is 1. The maximum absolute atomic E-state index is 13.5. The highest BCUT2D eigenvalue weighted by Gasteiger charge is 2.34. The molecule has 1 N–H and O–H groups in total. The van der Waals surface area contributed by atoms with E-state index in [4.69, 9.17) is 4.74 Å². The molecule has 3 aromatic rings. The Morgan fingerprint density at radius 2 is 1.73 bits per heavy atom. The molecular weight excluding hydrogens is 423 g/mol. The first-order valence-electron chi connectivity index (χ1n) is 10.7. The van der Waals surface area contributed by atoms with E-state index in [1.165, 1.54) is 12.1 Å². The molecule has 7 heteroatoms. The van der Waals surface area contributed by atoms with Gasteiger partial charge in [-0.2, -0.15) is 0 Å². The van der Waals surface area contributed by atoms with Crippen molar-refractivity contribution in [2.24, 2.45) is 0 Å². The number of halogens is 1. The van der Waals surface area contributed by atoms with Crippen LogP contribution in [0, 0.1) is 5.82 Å². The highest BCUT2D eigenvalue weighted by atomic mass is 19.1. The fourth-order valence-corrected chi connectivity index (χ4v) is 3.91. The average molecular weight is 446 g/mol. The molecule has 0 saturated carbocycles. The standard InChI is InChI=1S/C26H23FN2O4/c1-2-33-26(32)18-9-13-21(14-10-18)28-24(30)15-23(17-7-11-20(27)12-8-17)29-16-19-5-3-4-6-22(19)25(29)31/h3-14,23H,2,15-16H2,1H3,(H,28,30)/t23-/m0/s1. The highest BCUT2D eigenvalue weighted by Crippen LogP contribution is 2.33. The minimum Gasteiger partial charge on any atom is -0.462 e. The Balaban J connectivity index is 1.52. The van der Waals surface area contributed by atoms with Crippen molar-refractivity contribution in [2.75, 3.05) is 11.9 Å². The number of esters is 1. The largest absolute Gasteiger partial charge is 0.462 e. The Kier molecular flexibility index (Phi) is 6.49. The number of benzene rings is 3. The van der Waals surface area contributed by atoms with E-state index in [1.807, 2.05) is 12.1 Å². The van der Waals surface area contributed by atoms with Gasteiger partial charge in [-0.25, -0.2) is 9.18 Å². The molecule has 1 aliphatic rings. The molecule has 0 aromatic heterocycles. The fourth-order valence-electron chi connectivity index (χ4n) is 3.91. The summed E-state index contributed by atoms with van der Waals surface area (Å²) in [4.78, 5) is 39.4. The molecule has 0 saturated heterocycles. The Morgan fingerprint density at radius 1 is 1.03 bits per heavy atom. The van der Waals surface area contributed by atoms with E-state index in [2.05, 4.69) is 5.32 Å². The quantitative estimate of drug-likeness (QED) is 0.533. The molecule has 168 valence electrons. The van der Waals surface area contributed by atoms with E-state index in [1.54, 1.807) is 60.4 Å². The van der Waals surface area contributed by atoms with Crippen LogP contribution in [0.5, 0.6) is 0 Å². The van der Waals surface area contributed by atoms with Gasteiger partial charge in [0.15, 0.2) is 0 Å². The summed E-state index contributed by atoms with van der Waals surface area (Å²) in [6.07, 6.45) is -0.00894. The highest BCUT2D eigenvalue weighted by molar-refractivity contribution is 5.99. The molecule has 33 heavy (non-hydrogen) atoms. The molecule has 1 atom stereocenters. The molecule has 0 radical (unpaired) electrons. The number of amides is 2. The zero-order valence-electron chi connectivity index (χ0n) is 18.1. The normalized spacial score (nSPS) is 13.4. The van der Waals surface area contributed by atoms with Crippen molar-refractivity contribution in [3.05, 3.63) is 101 Å². The molecule has 0 bridgehead atoms. The molecule has 3 aromatic carbocycles. The van der Waals surface area contributed by atoms with Gasteiger partial charge in [-0.05, 0) is 60.5 Å². The van der Waals surface area contributed by atoms with Gasteiger partial charge in [0, 0.05) is 17.8 Å². The van der Waals surface area contributed by atoms with Crippen molar-refractivity contribution >= 4 is 23.5 Å². The summed E-state index contributed by atoms with van der Waals surface area (Å²) in [5.74, 6) is -1.29. The zero-order valence-corrected chi connectivity index (χ0v) is 18.1. The van der Waals surface area contributed by atoms with Crippen LogP contribution >= 0.6 is 0 Å². The van der Waals surface area contributed by atoms with Crippen molar-refractivity contribution < 1.29 is 23.5 Å². The molecule has 2 amide bonds. The minimum atomic E-state index is -0.565. The van der Waals surface area contributed by atoms with Gasteiger partial charge in [0.2, 0.25) is 5.91 Å². The van der Waals surface area contributed by atoms with Gasteiger partial charge < -0.3 is 15.0 Å². The van der Waals surface area contributed by atoms with Gasteiger partial charge in [-0.3, -0.25) is 9.59 Å². The molecule has 0 spiro atoms. The number of nitrogens with one attached hydrogen (secondary N) is 1. The molecule has 0 fully saturated rings. The lowest BCUT2D eigenvalue weighted by atomic mass is 10.0. The zero-order chi connectivity index (χ0) is 23.4. The minimum absolute atomic E-state index is 0.00894. The number of carbonyl (C=O) groups is 3. The molecule has 1 heterocycles. The van der Waals surface area contributed by atoms with Gasteiger partial charge in [0.25, 0.3) is 5.91 Å². The maximum Gasteiger partial charge on any atom is 0.338 e. The van der Waals surface area contributed by atoms with Crippen LogP contribution in [0.3, 0.4) is 0 Å². The van der Waals surface area contributed by atoms with Crippen LogP contribution in [-0.4, -0.2) is 29.3 Å². The van der Waals surface area contributed by atoms with Crippen LogP contribution < -0.4 is 5.32 Å². The van der Waals surface area contributed by atoms with E-state index in [9.17, 15) is 18.8 Å². The maximum atomic E-state index is 13.5. The number of hydrogen-bond donors (Lipinski definition) is 1. The Labute approximate surface area is 191 Å². The van der Waals surface area contributed by atoms with E-state index < -0.39 is 12.0 Å². The van der Waals surface area contributed by atoms with Crippen LogP contribution in [-0.2, 0) is 16.1 Å². The molecule has 4 rings (SSSR count). The van der Waals surface area contributed by atoms with Gasteiger partial charge in [-0.15, -0.1) is 0 Å². The summed E-state index contributed by atoms with van der Waals surface area (Å²) in [7, 11) is 0. The molecule has 6 nitrogen and oxygen atoms in total. The van der Waals surface area contributed by atoms with Crippen LogP contribution in [0.4, 0.5) is 10.1 Å². The Hall–Kier alpha value is -4.00. The monoisotopic (exact) mass is 446 g/mol. The fraction of sp³-hybridized carbons (Fsp3) is 0.192. The number of ether oxygens (including phenoxy) is 1. The first kappa shape index (κ1) is 22.2. The summed E-state index contributed by atoms with van der Waals surface area (Å²) in [6, 6.07) is 19.0. The van der Waals surface area contributed by atoms with Gasteiger partial charge in [0.05, 0.1) is 24.6 Å². The summed E-state index contributed by atoms with van der Waals surface area (Å²) in [5.41, 5.74) is 3.08. The smallest absolute Gasteiger partial charge is 0.338 e.